The van der Waals surface area contributed by atoms with Crippen LogP contribution in [-0.4, -0.2) is 11.3 Å². The molecule has 0 bridgehead atoms. The van der Waals surface area contributed by atoms with Crippen LogP contribution < -0.4 is 4.74 Å². The maximum absolute atomic E-state index is 13.2. The average Bonchev–Trinajstić information content (AvgIpc) is 2.31. The number of hydrogen-bond acceptors (Lipinski definition) is 2. The molecule has 0 radical (unpaired) electrons. The van der Waals surface area contributed by atoms with Crippen LogP contribution in [-0.2, 0) is 0 Å². The van der Waals surface area contributed by atoms with Gasteiger partial charge < -0.3 is 4.74 Å². The Morgan fingerprint density at radius 3 is 2.58 bits per heavy atom. The summed E-state index contributed by atoms with van der Waals surface area (Å²) in [7, 11) is 0. The van der Waals surface area contributed by atoms with Crippen LogP contribution in [0.1, 0.15) is 0 Å². The molecule has 100 valence electrons. The molecular weight excluding hydrogens is 286 g/mol. The van der Waals surface area contributed by atoms with E-state index in [0.29, 0.717) is 5.56 Å². The first-order valence-corrected chi connectivity index (χ1v) is 5.41. The molecular formula is C12H6ClF4NO. The van der Waals surface area contributed by atoms with Crippen LogP contribution in [0.25, 0.3) is 11.1 Å². The van der Waals surface area contributed by atoms with Gasteiger partial charge in [-0.25, -0.2) is 4.98 Å². The quantitative estimate of drug-likeness (QED) is 0.603. The van der Waals surface area contributed by atoms with E-state index in [-0.39, 0.29) is 10.6 Å². The summed E-state index contributed by atoms with van der Waals surface area (Å²) in [5.74, 6) is -1.29. The summed E-state index contributed by atoms with van der Waals surface area (Å²) in [6.45, 7) is 0. The SMILES string of the molecule is Fc1nccc(-c2cccc(OC(F)(F)F)c2)c1Cl. The van der Waals surface area contributed by atoms with Crippen molar-refractivity contribution in [2.24, 2.45) is 0 Å². The highest BCUT2D eigenvalue weighted by molar-refractivity contribution is 6.33. The van der Waals surface area contributed by atoms with Crippen LogP contribution in [0.15, 0.2) is 36.5 Å². The number of halogens is 5. The van der Waals surface area contributed by atoms with Gasteiger partial charge in [0.25, 0.3) is 0 Å². The topological polar surface area (TPSA) is 22.1 Å². The van der Waals surface area contributed by atoms with Gasteiger partial charge in [-0.05, 0) is 23.8 Å². The third kappa shape index (κ3) is 3.35. The van der Waals surface area contributed by atoms with Gasteiger partial charge in [0.1, 0.15) is 10.8 Å². The third-order valence-electron chi connectivity index (χ3n) is 2.23. The van der Waals surface area contributed by atoms with E-state index in [9.17, 15) is 17.6 Å². The second-order valence-electron chi connectivity index (χ2n) is 3.54. The molecule has 0 aliphatic heterocycles. The molecule has 1 aromatic heterocycles. The highest BCUT2D eigenvalue weighted by Gasteiger charge is 2.31. The van der Waals surface area contributed by atoms with Crippen molar-refractivity contribution in [1.82, 2.24) is 4.98 Å². The summed E-state index contributed by atoms with van der Waals surface area (Å²) >= 11 is 5.71. The van der Waals surface area contributed by atoms with E-state index in [1.54, 1.807) is 0 Å². The number of rotatable bonds is 2. The highest BCUT2D eigenvalue weighted by Crippen LogP contribution is 2.32. The Morgan fingerprint density at radius 2 is 1.89 bits per heavy atom. The summed E-state index contributed by atoms with van der Waals surface area (Å²) in [5, 5.41) is -0.258. The molecule has 2 nitrogen and oxygen atoms in total. The smallest absolute Gasteiger partial charge is 0.406 e. The van der Waals surface area contributed by atoms with Crippen molar-refractivity contribution in [3.8, 4) is 16.9 Å². The monoisotopic (exact) mass is 291 g/mol. The zero-order chi connectivity index (χ0) is 14.0. The molecule has 0 saturated carbocycles. The van der Waals surface area contributed by atoms with Crippen LogP contribution in [0.4, 0.5) is 17.6 Å². The van der Waals surface area contributed by atoms with Gasteiger partial charge in [0, 0.05) is 11.8 Å². The molecule has 7 heteroatoms. The van der Waals surface area contributed by atoms with Gasteiger partial charge in [-0.2, -0.15) is 4.39 Å². The van der Waals surface area contributed by atoms with Crippen molar-refractivity contribution >= 4 is 11.6 Å². The van der Waals surface area contributed by atoms with Gasteiger partial charge >= 0.3 is 6.36 Å². The van der Waals surface area contributed by atoms with Crippen LogP contribution in [0.2, 0.25) is 5.02 Å². The second-order valence-corrected chi connectivity index (χ2v) is 3.92. The molecule has 0 spiro atoms. The zero-order valence-corrected chi connectivity index (χ0v) is 9.97. The molecule has 0 atom stereocenters. The molecule has 2 aromatic rings. The third-order valence-corrected chi connectivity index (χ3v) is 2.58. The molecule has 0 fully saturated rings. The number of benzene rings is 1. The Kier molecular flexibility index (Phi) is 3.61. The van der Waals surface area contributed by atoms with E-state index in [1.165, 1.54) is 24.4 Å². The number of ether oxygens (including phenoxy) is 1. The molecule has 2 rings (SSSR count). The lowest BCUT2D eigenvalue weighted by Crippen LogP contribution is -2.17. The van der Waals surface area contributed by atoms with Crippen LogP contribution in [0.3, 0.4) is 0 Å². The first-order valence-electron chi connectivity index (χ1n) is 5.03. The number of aromatic nitrogens is 1. The molecule has 0 saturated heterocycles. The van der Waals surface area contributed by atoms with Gasteiger partial charge in [-0.1, -0.05) is 23.7 Å². The van der Waals surface area contributed by atoms with Crippen molar-refractivity contribution in [2.45, 2.75) is 6.36 Å². The minimum atomic E-state index is -4.79. The number of nitrogens with zero attached hydrogens (tertiary/aromatic N) is 1. The number of alkyl halides is 3. The normalized spacial score (nSPS) is 11.4. The molecule has 0 aliphatic rings. The minimum absolute atomic E-state index is 0.238. The van der Waals surface area contributed by atoms with E-state index >= 15 is 0 Å². The summed E-state index contributed by atoms with van der Waals surface area (Å²) in [6, 6.07) is 6.50. The fourth-order valence-electron chi connectivity index (χ4n) is 1.50. The Hall–Kier alpha value is -1.82. The predicted octanol–water partition coefficient (Wildman–Crippen LogP) is 4.44. The Balaban J connectivity index is 2.41. The summed E-state index contributed by atoms with van der Waals surface area (Å²) < 4.78 is 53.3. The lowest BCUT2D eigenvalue weighted by Gasteiger charge is -2.10. The Morgan fingerprint density at radius 1 is 1.16 bits per heavy atom. The first-order chi connectivity index (χ1) is 8.87. The van der Waals surface area contributed by atoms with Gasteiger partial charge in [-0.3, -0.25) is 0 Å². The molecule has 19 heavy (non-hydrogen) atoms. The highest BCUT2D eigenvalue weighted by atomic mass is 35.5. The van der Waals surface area contributed by atoms with E-state index in [4.69, 9.17) is 11.6 Å². The molecule has 1 heterocycles. The van der Waals surface area contributed by atoms with Gasteiger partial charge in [0.15, 0.2) is 0 Å². The van der Waals surface area contributed by atoms with Gasteiger partial charge in [-0.15, -0.1) is 13.2 Å². The maximum atomic E-state index is 13.2. The van der Waals surface area contributed by atoms with Crippen molar-refractivity contribution < 1.29 is 22.3 Å². The standard InChI is InChI=1S/C12H6ClF4NO/c13-10-9(4-5-18-11(10)14)7-2-1-3-8(6-7)19-12(15,16)17/h1-6H. The fraction of sp³-hybridized carbons (Fsp3) is 0.0833. The molecule has 0 N–H and O–H groups in total. The van der Waals surface area contributed by atoms with E-state index in [2.05, 4.69) is 9.72 Å². The lowest BCUT2D eigenvalue weighted by atomic mass is 10.1. The zero-order valence-electron chi connectivity index (χ0n) is 9.21. The second kappa shape index (κ2) is 5.05. The van der Waals surface area contributed by atoms with Crippen molar-refractivity contribution in [3.05, 3.63) is 47.5 Å². The average molecular weight is 292 g/mol. The van der Waals surface area contributed by atoms with Gasteiger partial charge in [0.05, 0.1) is 0 Å². The van der Waals surface area contributed by atoms with Crippen molar-refractivity contribution in [1.29, 1.82) is 0 Å². The van der Waals surface area contributed by atoms with E-state index < -0.39 is 18.1 Å². The lowest BCUT2D eigenvalue weighted by molar-refractivity contribution is -0.274. The summed E-state index contributed by atoms with van der Waals surface area (Å²) in [4.78, 5) is 3.34. The molecule has 0 amide bonds. The minimum Gasteiger partial charge on any atom is -0.406 e. The number of hydrogen-bond donors (Lipinski definition) is 0. The first kappa shape index (κ1) is 13.6. The fourth-order valence-corrected chi connectivity index (χ4v) is 1.72. The van der Waals surface area contributed by atoms with E-state index in [0.717, 1.165) is 12.1 Å². The molecule has 0 aliphatic carbocycles. The molecule has 0 unspecified atom stereocenters. The van der Waals surface area contributed by atoms with Crippen molar-refractivity contribution in [2.75, 3.05) is 0 Å². The van der Waals surface area contributed by atoms with Gasteiger partial charge in [0.2, 0.25) is 5.95 Å². The predicted molar refractivity (Wildman–Crippen MR) is 61.3 cm³/mol. The van der Waals surface area contributed by atoms with E-state index in [1.807, 2.05) is 0 Å². The Bertz CT molecular complexity index is 601. The van der Waals surface area contributed by atoms with Crippen LogP contribution >= 0.6 is 11.6 Å². The molecule has 1 aromatic carbocycles. The number of pyridine rings is 1. The van der Waals surface area contributed by atoms with Crippen molar-refractivity contribution in [3.63, 3.8) is 0 Å². The largest absolute Gasteiger partial charge is 0.573 e. The van der Waals surface area contributed by atoms with Crippen LogP contribution in [0, 0.1) is 5.95 Å². The van der Waals surface area contributed by atoms with Crippen LogP contribution in [0.5, 0.6) is 5.75 Å². The summed E-state index contributed by atoms with van der Waals surface area (Å²) in [5.41, 5.74) is 0.537. The maximum Gasteiger partial charge on any atom is 0.573 e. The summed E-state index contributed by atoms with van der Waals surface area (Å²) in [6.07, 6.45) is -3.61. The Labute approximate surface area is 110 Å².